The average Bonchev–Trinajstić information content (AvgIpc) is 3.24. The van der Waals surface area contributed by atoms with Gasteiger partial charge in [-0.15, -0.1) is 21.5 Å². The smallest absolute Gasteiger partial charge is 0.244 e. The Morgan fingerprint density at radius 2 is 2.04 bits per heavy atom. The number of amides is 1. The third-order valence-electron chi connectivity index (χ3n) is 3.69. The van der Waals surface area contributed by atoms with Crippen molar-refractivity contribution < 1.29 is 9.18 Å². The predicted octanol–water partition coefficient (Wildman–Crippen LogP) is 3.05. The summed E-state index contributed by atoms with van der Waals surface area (Å²) in [6.07, 6.45) is 0. The molecule has 0 bridgehead atoms. The third kappa shape index (κ3) is 4.27. The van der Waals surface area contributed by atoms with Crippen LogP contribution in [0.1, 0.15) is 25.5 Å². The van der Waals surface area contributed by atoms with Gasteiger partial charge in [0.25, 0.3) is 0 Å². The highest BCUT2D eigenvalue weighted by Crippen LogP contribution is 2.22. The predicted molar refractivity (Wildman–Crippen MR) is 93.3 cm³/mol. The molecule has 25 heavy (non-hydrogen) atoms. The van der Waals surface area contributed by atoms with Crippen LogP contribution in [0.25, 0.3) is 10.7 Å². The van der Waals surface area contributed by atoms with E-state index in [0.717, 1.165) is 10.4 Å². The van der Waals surface area contributed by atoms with E-state index in [-0.39, 0.29) is 30.2 Å². The average molecular weight is 359 g/mol. The lowest BCUT2D eigenvalue weighted by Gasteiger charge is -2.22. The van der Waals surface area contributed by atoms with Crippen LogP contribution in [0.15, 0.2) is 41.8 Å². The number of halogens is 1. The van der Waals surface area contributed by atoms with Crippen molar-refractivity contribution in [3.8, 4) is 10.7 Å². The van der Waals surface area contributed by atoms with E-state index >= 15 is 0 Å². The number of aromatic nitrogens is 4. The molecule has 2 aromatic heterocycles. The van der Waals surface area contributed by atoms with Crippen molar-refractivity contribution in [3.63, 3.8) is 0 Å². The maximum atomic E-state index is 13.1. The van der Waals surface area contributed by atoms with Gasteiger partial charge in [0.15, 0.2) is 0 Å². The molecule has 3 aromatic rings. The first-order valence-corrected chi connectivity index (χ1v) is 8.77. The second-order valence-electron chi connectivity index (χ2n) is 5.96. The molecule has 1 amide bonds. The number of nitrogens with zero attached hydrogens (tertiary/aromatic N) is 4. The monoisotopic (exact) mass is 359 g/mol. The fraction of sp³-hybridized carbons (Fsp3) is 0.294. The zero-order valence-corrected chi connectivity index (χ0v) is 14.7. The Bertz CT molecular complexity index is 829. The van der Waals surface area contributed by atoms with E-state index in [4.69, 9.17) is 0 Å². The van der Waals surface area contributed by atoms with E-state index < -0.39 is 0 Å². The van der Waals surface area contributed by atoms with E-state index in [1.807, 2.05) is 31.4 Å². The topological polar surface area (TPSA) is 72.7 Å². The van der Waals surface area contributed by atoms with Crippen molar-refractivity contribution in [1.82, 2.24) is 25.5 Å². The lowest BCUT2D eigenvalue weighted by Crippen LogP contribution is -2.34. The molecule has 1 atom stereocenters. The van der Waals surface area contributed by atoms with Crippen LogP contribution in [0.2, 0.25) is 0 Å². The highest BCUT2D eigenvalue weighted by atomic mass is 32.1. The fourth-order valence-electron chi connectivity index (χ4n) is 2.47. The van der Waals surface area contributed by atoms with Crippen LogP contribution in [-0.2, 0) is 11.3 Å². The molecule has 0 aliphatic carbocycles. The zero-order valence-electron chi connectivity index (χ0n) is 13.9. The Labute approximate surface area is 148 Å². The molecule has 0 aliphatic heterocycles. The van der Waals surface area contributed by atoms with Crippen LogP contribution in [0.4, 0.5) is 4.39 Å². The number of carbonyl (C=O) groups excluding carboxylic acids is 1. The quantitative estimate of drug-likeness (QED) is 0.734. The normalized spacial score (nSPS) is 12.3. The van der Waals surface area contributed by atoms with Gasteiger partial charge in [-0.3, -0.25) is 4.79 Å². The first kappa shape index (κ1) is 17.2. The first-order chi connectivity index (χ1) is 12.0. The van der Waals surface area contributed by atoms with Crippen LogP contribution in [0, 0.1) is 11.7 Å². The third-order valence-corrected chi connectivity index (χ3v) is 4.56. The molecule has 130 valence electrons. The number of carbonyl (C=O) groups is 1. The minimum absolute atomic E-state index is 0.0250. The molecule has 1 unspecified atom stereocenters. The molecule has 6 nitrogen and oxygen atoms in total. The van der Waals surface area contributed by atoms with Gasteiger partial charge in [-0.05, 0) is 40.3 Å². The molecular weight excluding hydrogens is 341 g/mol. The minimum Gasteiger partial charge on any atom is -0.347 e. The maximum Gasteiger partial charge on any atom is 0.244 e. The number of hydrogen-bond donors (Lipinski definition) is 1. The highest BCUT2D eigenvalue weighted by Gasteiger charge is 2.19. The van der Waals surface area contributed by atoms with Crippen molar-refractivity contribution >= 4 is 17.2 Å². The van der Waals surface area contributed by atoms with Gasteiger partial charge in [0, 0.05) is 0 Å². The van der Waals surface area contributed by atoms with Gasteiger partial charge >= 0.3 is 0 Å². The van der Waals surface area contributed by atoms with Gasteiger partial charge in [-0.25, -0.2) is 4.39 Å². The summed E-state index contributed by atoms with van der Waals surface area (Å²) < 4.78 is 13.1. The van der Waals surface area contributed by atoms with Crippen molar-refractivity contribution in [1.29, 1.82) is 0 Å². The van der Waals surface area contributed by atoms with Crippen molar-refractivity contribution in [2.45, 2.75) is 26.4 Å². The van der Waals surface area contributed by atoms with Crippen LogP contribution >= 0.6 is 11.3 Å². The number of nitrogens with one attached hydrogen (secondary N) is 1. The van der Waals surface area contributed by atoms with Crippen molar-refractivity contribution in [2.24, 2.45) is 5.92 Å². The second-order valence-corrected chi connectivity index (χ2v) is 6.91. The van der Waals surface area contributed by atoms with Gasteiger partial charge < -0.3 is 5.32 Å². The molecule has 3 rings (SSSR count). The van der Waals surface area contributed by atoms with E-state index in [1.165, 1.54) is 28.3 Å². The highest BCUT2D eigenvalue weighted by molar-refractivity contribution is 7.13. The summed E-state index contributed by atoms with van der Waals surface area (Å²) in [5.41, 5.74) is 0.857. The Hall–Kier alpha value is -2.61. The summed E-state index contributed by atoms with van der Waals surface area (Å²) in [6.45, 7) is 3.97. The number of benzene rings is 1. The summed E-state index contributed by atoms with van der Waals surface area (Å²) in [7, 11) is 0. The summed E-state index contributed by atoms with van der Waals surface area (Å²) in [4.78, 5) is 14.5. The lowest BCUT2D eigenvalue weighted by atomic mass is 9.96. The fourth-order valence-corrected chi connectivity index (χ4v) is 3.12. The molecule has 8 heteroatoms. The molecule has 0 saturated heterocycles. The largest absolute Gasteiger partial charge is 0.347 e. The number of tetrazole rings is 1. The molecule has 0 spiro atoms. The molecule has 1 aromatic carbocycles. The molecule has 1 N–H and O–H groups in total. The van der Waals surface area contributed by atoms with Gasteiger partial charge in [0.1, 0.15) is 12.4 Å². The molecule has 0 fully saturated rings. The Balaban J connectivity index is 1.67. The molecule has 0 saturated carbocycles. The van der Waals surface area contributed by atoms with Crippen LogP contribution in [0.3, 0.4) is 0 Å². The van der Waals surface area contributed by atoms with Gasteiger partial charge in [0.2, 0.25) is 11.7 Å². The first-order valence-electron chi connectivity index (χ1n) is 7.89. The van der Waals surface area contributed by atoms with E-state index in [0.29, 0.717) is 5.82 Å². The number of thiophene rings is 1. The van der Waals surface area contributed by atoms with Crippen molar-refractivity contribution in [3.05, 3.63) is 53.2 Å². The minimum atomic E-state index is -0.300. The van der Waals surface area contributed by atoms with Crippen molar-refractivity contribution in [2.75, 3.05) is 0 Å². The SMILES string of the molecule is CC(C)C(NC(=O)Cn1nnc(-c2cccs2)n1)c1ccc(F)cc1. The number of rotatable bonds is 6. The molecule has 0 aliphatic rings. The van der Waals surface area contributed by atoms with Gasteiger partial charge in [-0.2, -0.15) is 4.80 Å². The standard InChI is InChI=1S/C17H18FN5OS/c1-11(2)16(12-5-7-13(18)8-6-12)19-15(24)10-23-21-17(20-22-23)14-4-3-9-25-14/h3-9,11,16H,10H2,1-2H3,(H,19,24). The lowest BCUT2D eigenvalue weighted by molar-refractivity contribution is -0.123. The van der Waals surface area contributed by atoms with E-state index in [1.54, 1.807) is 12.1 Å². The molecular formula is C17H18FN5OS. The summed E-state index contributed by atoms with van der Waals surface area (Å²) in [6, 6.07) is 9.74. The number of hydrogen-bond acceptors (Lipinski definition) is 5. The molecule has 0 radical (unpaired) electrons. The summed E-state index contributed by atoms with van der Waals surface area (Å²) in [5, 5.41) is 17.0. The van der Waals surface area contributed by atoms with E-state index in [2.05, 4.69) is 20.7 Å². The van der Waals surface area contributed by atoms with Crippen LogP contribution in [0.5, 0.6) is 0 Å². The Kier molecular flexibility index (Phi) is 5.18. The van der Waals surface area contributed by atoms with Crippen LogP contribution in [-0.4, -0.2) is 26.1 Å². The molecule has 2 heterocycles. The van der Waals surface area contributed by atoms with Crippen LogP contribution < -0.4 is 5.32 Å². The Morgan fingerprint density at radius 1 is 1.28 bits per heavy atom. The zero-order chi connectivity index (χ0) is 17.8. The van der Waals surface area contributed by atoms with E-state index in [9.17, 15) is 9.18 Å². The second kappa shape index (κ2) is 7.52. The maximum absolute atomic E-state index is 13.1. The van der Waals surface area contributed by atoms with Gasteiger partial charge in [0.05, 0.1) is 10.9 Å². The summed E-state index contributed by atoms with van der Waals surface area (Å²) in [5.74, 6) is 0.130. The van der Waals surface area contributed by atoms with Gasteiger partial charge in [-0.1, -0.05) is 32.0 Å². The Morgan fingerprint density at radius 3 is 2.68 bits per heavy atom. The summed E-state index contributed by atoms with van der Waals surface area (Å²) >= 11 is 1.51.